The van der Waals surface area contributed by atoms with Gasteiger partial charge in [0, 0.05) is 31.0 Å². The first-order chi connectivity index (χ1) is 19.1. The number of carboxylic acids is 1. The molecule has 8 nitrogen and oxygen atoms in total. The van der Waals surface area contributed by atoms with Crippen molar-refractivity contribution >= 4 is 17.8 Å². The van der Waals surface area contributed by atoms with Crippen LogP contribution in [0.3, 0.4) is 0 Å². The number of likely N-dealkylation sites (tertiary alicyclic amines) is 1. The van der Waals surface area contributed by atoms with Gasteiger partial charge in [0.15, 0.2) is 0 Å². The van der Waals surface area contributed by atoms with E-state index in [4.69, 9.17) is 0 Å². The fraction of sp³-hybridized carbons (Fsp3) is 0.844. The summed E-state index contributed by atoms with van der Waals surface area (Å²) < 4.78 is 0. The number of aliphatic carboxylic acids is 1. The minimum atomic E-state index is -1.44. The molecule has 40 heavy (non-hydrogen) atoms. The summed E-state index contributed by atoms with van der Waals surface area (Å²) in [5.41, 5.74) is -1.03. The van der Waals surface area contributed by atoms with E-state index < -0.39 is 29.4 Å². The largest absolute Gasteiger partial charge is 0.481 e. The third kappa shape index (κ3) is 15.2. The van der Waals surface area contributed by atoms with Crippen LogP contribution in [0.2, 0.25) is 0 Å². The van der Waals surface area contributed by atoms with E-state index in [0.29, 0.717) is 32.4 Å². The number of carbonyl (C=O) groups is 3. The molecule has 2 unspecified atom stereocenters. The third-order valence-electron chi connectivity index (χ3n) is 8.23. The van der Waals surface area contributed by atoms with Gasteiger partial charge in [0.2, 0.25) is 11.8 Å². The van der Waals surface area contributed by atoms with Crippen molar-refractivity contribution in [2.45, 2.75) is 142 Å². The second-order valence-corrected chi connectivity index (χ2v) is 12.3. The Morgan fingerprint density at radius 3 is 1.95 bits per heavy atom. The van der Waals surface area contributed by atoms with E-state index in [1.807, 2.05) is 4.90 Å². The van der Waals surface area contributed by atoms with E-state index in [1.165, 1.54) is 57.8 Å². The van der Waals surface area contributed by atoms with Crippen molar-refractivity contribution in [3.63, 3.8) is 0 Å². The van der Waals surface area contributed by atoms with Crippen LogP contribution in [0.15, 0.2) is 12.2 Å². The van der Waals surface area contributed by atoms with Crippen LogP contribution in [0, 0.1) is 11.3 Å². The maximum atomic E-state index is 12.7. The molecule has 0 aromatic heterocycles. The van der Waals surface area contributed by atoms with Crippen molar-refractivity contribution in [1.29, 1.82) is 0 Å². The van der Waals surface area contributed by atoms with Crippen molar-refractivity contribution in [3.05, 3.63) is 12.2 Å². The smallest absolute Gasteiger partial charge is 0.305 e. The van der Waals surface area contributed by atoms with Gasteiger partial charge in [-0.1, -0.05) is 84.3 Å². The van der Waals surface area contributed by atoms with Crippen molar-refractivity contribution in [3.8, 4) is 0 Å². The lowest BCUT2D eigenvalue weighted by Crippen LogP contribution is -2.52. The summed E-state index contributed by atoms with van der Waals surface area (Å²) >= 11 is 0. The average molecular weight is 567 g/mol. The topological polar surface area (TPSA) is 127 Å². The molecule has 0 aromatic carbocycles. The van der Waals surface area contributed by atoms with Crippen LogP contribution in [0.5, 0.6) is 0 Å². The van der Waals surface area contributed by atoms with Crippen molar-refractivity contribution in [2.24, 2.45) is 11.3 Å². The number of hydrogen-bond donors (Lipinski definition) is 4. The van der Waals surface area contributed by atoms with Gasteiger partial charge in [0.25, 0.3) is 0 Å². The predicted octanol–water partition coefficient (Wildman–Crippen LogP) is 5.60. The van der Waals surface area contributed by atoms with Crippen LogP contribution < -0.4 is 5.32 Å². The zero-order valence-corrected chi connectivity index (χ0v) is 25.5. The van der Waals surface area contributed by atoms with Crippen LogP contribution in [0.4, 0.5) is 0 Å². The Bertz CT molecular complexity index is 746. The maximum absolute atomic E-state index is 12.7. The quantitative estimate of drug-likeness (QED) is 0.0998. The number of hydrogen-bond acceptors (Lipinski definition) is 5. The molecule has 232 valence electrons. The fourth-order valence-electron chi connectivity index (χ4n) is 5.28. The Balaban J connectivity index is 2.23. The number of nitrogens with one attached hydrogen (secondary N) is 1. The normalized spacial score (nSPS) is 16.3. The van der Waals surface area contributed by atoms with E-state index in [1.54, 1.807) is 13.8 Å². The van der Waals surface area contributed by atoms with Gasteiger partial charge in [-0.15, -0.1) is 0 Å². The number of piperidine rings is 1. The summed E-state index contributed by atoms with van der Waals surface area (Å²) in [6, 6.07) is -0.628. The zero-order valence-electron chi connectivity index (χ0n) is 25.5. The SMILES string of the molecule is CCCCCCCCC=CCCCCCCCC(=O)N1CCC(C(CC(=O)O)NC(=O)C(O)C(C)(C)CO)CC1. The number of aliphatic hydroxyl groups excluding tert-OH is 2. The molecule has 4 N–H and O–H groups in total. The lowest BCUT2D eigenvalue weighted by Gasteiger charge is -2.37. The molecule has 1 aliphatic heterocycles. The third-order valence-corrected chi connectivity index (χ3v) is 8.23. The van der Waals surface area contributed by atoms with E-state index in [9.17, 15) is 29.7 Å². The summed E-state index contributed by atoms with van der Waals surface area (Å²) in [4.78, 5) is 38.5. The second kappa shape index (κ2) is 20.9. The number of allylic oxidation sites excluding steroid dienone is 2. The Kier molecular flexibility index (Phi) is 18.8. The molecule has 1 saturated heterocycles. The van der Waals surface area contributed by atoms with E-state index >= 15 is 0 Å². The van der Waals surface area contributed by atoms with Gasteiger partial charge in [0.1, 0.15) is 6.10 Å². The average Bonchev–Trinajstić information content (AvgIpc) is 2.94. The molecule has 2 atom stereocenters. The fourth-order valence-corrected chi connectivity index (χ4v) is 5.28. The van der Waals surface area contributed by atoms with Crippen LogP contribution >= 0.6 is 0 Å². The van der Waals surface area contributed by atoms with Gasteiger partial charge in [-0.3, -0.25) is 14.4 Å². The molecule has 8 heteroatoms. The highest BCUT2D eigenvalue weighted by Crippen LogP contribution is 2.25. The predicted molar refractivity (Wildman–Crippen MR) is 160 cm³/mol. The maximum Gasteiger partial charge on any atom is 0.305 e. The lowest BCUT2D eigenvalue weighted by molar-refractivity contribution is -0.142. The monoisotopic (exact) mass is 566 g/mol. The summed E-state index contributed by atoms with van der Waals surface area (Å²) in [7, 11) is 0. The summed E-state index contributed by atoms with van der Waals surface area (Å²) in [5, 5.41) is 31.8. The molecule has 0 spiro atoms. The molecule has 0 aromatic rings. The van der Waals surface area contributed by atoms with E-state index in [2.05, 4.69) is 24.4 Å². The van der Waals surface area contributed by atoms with Gasteiger partial charge in [-0.2, -0.15) is 0 Å². The van der Waals surface area contributed by atoms with Crippen LogP contribution in [-0.2, 0) is 14.4 Å². The molecule has 2 amide bonds. The van der Waals surface area contributed by atoms with Crippen LogP contribution in [-0.4, -0.2) is 69.8 Å². The van der Waals surface area contributed by atoms with E-state index in [0.717, 1.165) is 25.7 Å². The molecule has 1 aliphatic rings. The Morgan fingerprint density at radius 1 is 0.900 bits per heavy atom. The highest BCUT2D eigenvalue weighted by Gasteiger charge is 2.36. The number of aliphatic hydroxyl groups is 2. The minimum Gasteiger partial charge on any atom is -0.481 e. The van der Waals surface area contributed by atoms with Crippen molar-refractivity contribution in [1.82, 2.24) is 10.2 Å². The number of amides is 2. The zero-order chi connectivity index (χ0) is 29.8. The second-order valence-electron chi connectivity index (χ2n) is 12.3. The first-order valence-electron chi connectivity index (χ1n) is 15.9. The molecule has 1 heterocycles. The van der Waals surface area contributed by atoms with E-state index in [-0.39, 0.29) is 24.9 Å². The minimum absolute atomic E-state index is 0.0895. The Hall–Kier alpha value is -1.93. The molecule has 0 saturated carbocycles. The highest BCUT2D eigenvalue weighted by atomic mass is 16.4. The molecule has 1 rings (SSSR count). The number of rotatable bonds is 22. The van der Waals surface area contributed by atoms with Crippen molar-refractivity contribution < 1.29 is 29.7 Å². The first kappa shape index (κ1) is 36.1. The van der Waals surface area contributed by atoms with Gasteiger partial charge >= 0.3 is 5.97 Å². The summed E-state index contributed by atoms with van der Waals surface area (Å²) in [6.45, 7) is 6.12. The van der Waals surface area contributed by atoms with Gasteiger partial charge in [-0.25, -0.2) is 0 Å². The highest BCUT2D eigenvalue weighted by molar-refractivity contribution is 5.82. The number of carbonyl (C=O) groups excluding carboxylic acids is 2. The van der Waals surface area contributed by atoms with Gasteiger partial charge in [0.05, 0.1) is 13.0 Å². The number of nitrogens with zero attached hydrogens (tertiary/aromatic N) is 1. The molecule has 0 radical (unpaired) electrons. The lowest BCUT2D eigenvalue weighted by atomic mass is 9.84. The van der Waals surface area contributed by atoms with Crippen LogP contribution in [0.25, 0.3) is 0 Å². The molecular formula is C32H58N2O6. The molecule has 0 bridgehead atoms. The summed E-state index contributed by atoms with van der Waals surface area (Å²) in [5.74, 6) is -1.64. The molecule has 1 fully saturated rings. The molecular weight excluding hydrogens is 508 g/mol. The molecule has 0 aliphatic carbocycles. The van der Waals surface area contributed by atoms with Crippen LogP contribution in [0.1, 0.15) is 130 Å². The number of unbranched alkanes of at least 4 members (excludes halogenated alkanes) is 11. The Labute approximate surface area is 243 Å². The summed E-state index contributed by atoms with van der Waals surface area (Å²) in [6.07, 6.45) is 20.6. The number of carboxylic acid groups (broad SMARTS) is 1. The standard InChI is InChI=1S/C32H58N2O6/c1-4-5-6-7-8-9-10-11-12-13-14-15-16-17-18-19-28(36)34-22-20-26(21-23-34)27(24-29(37)38)33-31(40)30(39)32(2,3)25-35/h11-12,26-27,30,35,39H,4-10,13-25H2,1-3H3,(H,33,40)(H,37,38). The van der Waals surface area contributed by atoms with Crippen molar-refractivity contribution in [2.75, 3.05) is 19.7 Å². The van der Waals surface area contributed by atoms with Gasteiger partial charge in [-0.05, 0) is 50.9 Å². The Morgan fingerprint density at radius 2 is 1.43 bits per heavy atom. The first-order valence-corrected chi connectivity index (χ1v) is 15.9. The van der Waals surface area contributed by atoms with Gasteiger partial charge < -0.3 is 25.5 Å².